The summed E-state index contributed by atoms with van der Waals surface area (Å²) in [4.78, 5) is 63.5. The second-order valence-corrected chi connectivity index (χ2v) is 11.2. The Kier molecular flexibility index (Phi) is 9.48. The number of Topliss-reactive ketones (excluding diaryl/α,β-unsaturated/α-hetero) is 1. The van der Waals surface area contributed by atoms with Gasteiger partial charge in [-0.2, -0.15) is 4.73 Å². The maximum Gasteiger partial charge on any atom is 0.533 e. The summed E-state index contributed by atoms with van der Waals surface area (Å²) in [5, 5.41) is 0.275. The molecule has 0 aliphatic carbocycles. The molecule has 0 N–H and O–H groups in total. The number of amides is 2. The molecule has 3 heterocycles. The number of hydrogen-bond acceptors (Lipinski definition) is 8. The van der Waals surface area contributed by atoms with Crippen LogP contribution in [-0.4, -0.2) is 103 Å². The molecule has 2 aliphatic rings. The fourth-order valence-electron chi connectivity index (χ4n) is 5.77. The Bertz CT molecular complexity index is 1540. The molecule has 1 aromatic heterocycles. The highest BCUT2D eigenvalue weighted by Crippen LogP contribution is 2.32. The largest absolute Gasteiger partial charge is 0.533 e. The SMILES string of the molecule is CCOC(=O)On1cc(C(=O)C(=O)N2CCN(C)CC2)c2cc(C(=O)N3CCC(Cc4ccc(F)cc4)CC3)c(OC)cc21. The monoisotopic (exact) mass is 608 g/mol. The topological polar surface area (TPSA) is 111 Å². The second-order valence-electron chi connectivity index (χ2n) is 11.2. The smallest absolute Gasteiger partial charge is 0.496 e. The van der Waals surface area contributed by atoms with Crippen LogP contribution in [0, 0.1) is 11.7 Å². The van der Waals surface area contributed by atoms with Crippen molar-refractivity contribution in [3.05, 3.63) is 65.1 Å². The minimum Gasteiger partial charge on any atom is -0.496 e. The van der Waals surface area contributed by atoms with Crippen LogP contribution in [0.3, 0.4) is 0 Å². The third kappa shape index (κ3) is 6.70. The van der Waals surface area contributed by atoms with Crippen LogP contribution in [-0.2, 0) is 16.0 Å². The highest BCUT2D eigenvalue weighted by molar-refractivity contribution is 6.45. The zero-order valence-electron chi connectivity index (χ0n) is 25.2. The molecule has 0 saturated carbocycles. The standard InChI is InChI=1S/C32H37FN4O7/c1-4-43-32(41)44-37-20-26(29(38)31(40)36-15-13-34(2)14-16-36)24-18-25(28(42-3)19-27(24)37)30(39)35-11-9-22(10-12-35)17-21-5-7-23(33)8-6-21/h5-8,18-20,22H,4,9-17H2,1-3H3. The van der Waals surface area contributed by atoms with Gasteiger partial charge in [0.25, 0.3) is 17.6 Å². The predicted molar refractivity (Wildman–Crippen MR) is 159 cm³/mol. The van der Waals surface area contributed by atoms with Crippen LogP contribution >= 0.6 is 0 Å². The Hall–Kier alpha value is -4.45. The molecule has 2 aromatic carbocycles. The van der Waals surface area contributed by atoms with Gasteiger partial charge >= 0.3 is 6.16 Å². The summed E-state index contributed by atoms with van der Waals surface area (Å²) in [7, 11) is 3.37. The third-order valence-electron chi connectivity index (χ3n) is 8.33. The summed E-state index contributed by atoms with van der Waals surface area (Å²) in [6.45, 7) is 4.85. The van der Waals surface area contributed by atoms with E-state index in [1.54, 1.807) is 24.0 Å². The van der Waals surface area contributed by atoms with E-state index in [-0.39, 0.29) is 46.1 Å². The van der Waals surface area contributed by atoms with Gasteiger partial charge in [-0.1, -0.05) is 12.1 Å². The number of likely N-dealkylation sites (tertiary alicyclic amines) is 1. The normalized spacial score (nSPS) is 16.2. The first-order valence-corrected chi connectivity index (χ1v) is 14.8. The first-order chi connectivity index (χ1) is 21.2. The number of carbonyl (C=O) groups is 4. The predicted octanol–water partition coefficient (Wildman–Crippen LogP) is 3.43. The number of rotatable bonds is 8. The van der Waals surface area contributed by atoms with E-state index >= 15 is 0 Å². The van der Waals surface area contributed by atoms with E-state index in [4.69, 9.17) is 14.3 Å². The summed E-state index contributed by atoms with van der Waals surface area (Å²) >= 11 is 0. The van der Waals surface area contributed by atoms with Gasteiger partial charge in [0, 0.05) is 50.7 Å². The number of piperazine rings is 1. The number of fused-ring (bicyclic) bond motifs is 1. The molecule has 234 valence electrons. The van der Waals surface area contributed by atoms with Gasteiger partial charge in [-0.3, -0.25) is 14.4 Å². The molecule has 0 atom stereocenters. The lowest BCUT2D eigenvalue weighted by Crippen LogP contribution is -2.49. The van der Waals surface area contributed by atoms with Crippen LogP contribution in [0.2, 0.25) is 0 Å². The Morgan fingerprint density at radius 2 is 1.59 bits per heavy atom. The van der Waals surface area contributed by atoms with Crippen LogP contribution in [0.15, 0.2) is 42.6 Å². The number of aromatic nitrogens is 1. The Morgan fingerprint density at radius 1 is 0.909 bits per heavy atom. The molecule has 11 nitrogen and oxygen atoms in total. The molecule has 12 heteroatoms. The van der Waals surface area contributed by atoms with Crippen LogP contribution in [0.25, 0.3) is 10.9 Å². The Labute approximate surface area is 255 Å². The molecule has 3 aromatic rings. The maximum atomic E-state index is 13.8. The number of methoxy groups -OCH3 is 1. The van der Waals surface area contributed by atoms with Crippen molar-refractivity contribution in [2.24, 2.45) is 5.92 Å². The van der Waals surface area contributed by atoms with Crippen molar-refractivity contribution in [3.63, 3.8) is 0 Å². The number of ether oxygens (including phenoxy) is 2. The third-order valence-corrected chi connectivity index (χ3v) is 8.33. The summed E-state index contributed by atoms with van der Waals surface area (Å²) in [6.07, 6.45) is 2.64. The average Bonchev–Trinajstić information content (AvgIpc) is 3.38. The lowest BCUT2D eigenvalue weighted by Gasteiger charge is -2.32. The number of ketones is 1. The molecule has 2 saturated heterocycles. The van der Waals surface area contributed by atoms with E-state index in [1.165, 1.54) is 42.5 Å². The molecular weight excluding hydrogens is 571 g/mol. The number of piperidine rings is 1. The van der Waals surface area contributed by atoms with Crippen LogP contribution in [0.4, 0.5) is 9.18 Å². The van der Waals surface area contributed by atoms with Crippen LogP contribution in [0.5, 0.6) is 5.75 Å². The molecule has 2 aliphatic heterocycles. The van der Waals surface area contributed by atoms with Crippen molar-refractivity contribution < 1.29 is 37.9 Å². The van der Waals surface area contributed by atoms with Gasteiger partial charge in [0.1, 0.15) is 11.6 Å². The number of nitrogens with zero attached hydrogens (tertiary/aromatic N) is 4. The van der Waals surface area contributed by atoms with Gasteiger partial charge < -0.3 is 29.0 Å². The van der Waals surface area contributed by atoms with E-state index in [2.05, 4.69) is 4.90 Å². The molecule has 0 radical (unpaired) electrons. The number of likely N-dealkylation sites (N-methyl/N-ethyl adjacent to an activating group) is 1. The molecule has 0 bridgehead atoms. The molecule has 5 rings (SSSR count). The summed E-state index contributed by atoms with van der Waals surface area (Å²) in [6, 6.07) is 9.53. The van der Waals surface area contributed by atoms with Gasteiger partial charge in [-0.05, 0) is 62.9 Å². The van der Waals surface area contributed by atoms with E-state index in [9.17, 15) is 23.6 Å². The second kappa shape index (κ2) is 13.5. The first-order valence-electron chi connectivity index (χ1n) is 14.8. The quantitative estimate of drug-likeness (QED) is 0.217. The van der Waals surface area contributed by atoms with Gasteiger partial charge in [0.15, 0.2) is 0 Å². The zero-order chi connectivity index (χ0) is 31.4. The van der Waals surface area contributed by atoms with Gasteiger partial charge in [-0.25, -0.2) is 9.18 Å². The highest BCUT2D eigenvalue weighted by atomic mass is 19.1. The highest BCUT2D eigenvalue weighted by Gasteiger charge is 2.32. The van der Waals surface area contributed by atoms with Crippen molar-refractivity contribution >= 4 is 34.7 Å². The number of halogens is 1. The molecule has 0 unspecified atom stereocenters. The van der Waals surface area contributed by atoms with Crippen molar-refractivity contribution in [1.29, 1.82) is 0 Å². The molecule has 0 spiro atoms. The molecule has 44 heavy (non-hydrogen) atoms. The van der Waals surface area contributed by atoms with E-state index in [0.717, 1.165) is 29.6 Å². The van der Waals surface area contributed by atoms with Gasteiger partial charge in [0.05, 0.1) is 36.6 Å². The van der Waals surface area contributed by atoms with Crippen molar-refractivity contribution in [1.82, 2.24) is 19.4 Å². The fourth-order valence-corrected chi connectivity index (χ4v) is 5.77. The van der Waals surface area contributed by atoms with Crippen LogP contribution < -0.4 is 9.57 Å². The Morgan fingerprint density at radius 3 is 2.23 bits per heavy atom. The van der Waals surface area contributed by atoms with E-state index in [0.29, 0.717) is 45.2 Å². The van der Waals surface area contributed by atoms with Gasteiger partial charge in [-0.15, -0.1) is 0 Å². The minimum absolute atomic E-state index is 0.00272. The maximum absolute atomic E-state index is 13.8. The first kappa shape index (κ1) is 31.0. The zero-order valence-corrected chi connectivity index (χ0v) is 25.2. The number of carbonyl (C=O) groups excluding carboxylic acids is 4. The number of benzene rings is 2. The summed E-state index contributed by atoms with van der Waals surface area (Å²) < 4.78 is 24.9. The summed E-state index contributed by atoms with van der Waals surface area (Å²) in [5.74, 6) is -1.39. The Balaban J connectivity index is 1.42. The minimum atomic E-state index is -0.989. The van der Waals surface area contributed by atoms with E-state index in [1.807, 2.05) is 7.05 Å². The average molecular weight is 609 g/mol. The molecular formula is C32H37FN4O7. The molecule has 2 fully saturated rings. The number of hydrogen-bond donors (Lipinski definition) is 0. The van der Waals surface area contributed by atoms with Crippen LogP contribution in [0.1, 0.15) is 46.0 Å². The summed E-state index contributed by atoms with van der Waals surface area (Å²) in [5.41, 5.74) is 1.55. The van der Waals surface area contributed by atoms with E-state index < -0.39 is 17.8 Å². The van der Waals surface area contributed by atoms with Crippen molar-refractivity contribution in [2.45, 2.75) is 26.2 Å². The molecule has 2 amide bonds. The lowest BCUT2D eigenvalue weighted by molar-refractivity contribution is -0.127. The lowest BCUT2D eigenvalue weighted by atomic mass is 9.90. The fraction of sp³-hybridized carbons (Fsp3) is 0.438. The van der Waals surface area contributed by atoms with Crippen molar-refractivity contribution in [2.75, 3.05) is 60.0 Å². The van der Waals surface area contributed by atoms with Gasteiger partial charge in [0.2, 0.25) is 0 Å². The van der Waals surface area contributed by atoms with Crippen molar-refractivity contribution in [3.8, 4) is 5.75 Å².